The normalized spacial score (nSPS) is 21.4. The second kappa shape index (κ2) is 12.1. The van der Waals surface area contributed by atoms with Gasteiger partial charge in [-0.05, 0) is 89.8 Å². The molecular formula is C35H42O2. The first-order chi connectivity index (χ1) is 18.1. The zero-order valence-electron chi connectivity index (χ0n) is 22.7. The monoisotopic (exact) mass is 494 g/mol. The number of rotatable bonds is 9. The molecule has 0 saturated heterocycles. The maximum Gasteiger partial charge on any atom is 0.339 e. The van der Waals surface area contributed by atoms with E-state index < -0.39 is 0 Å². The molecule has 0 amide bonds. The van der Waals surface area contributed by atoms with Gasteiger partial charge in [-0.2, -0.15) is 0 Å². The van der Waals surface area contributed by atoms with Crippen LogP contribution in [-0.4, -0.2) is 5.97 Å². The highest BCUT2D eigenvalue weighted by Crippen LogP contribution is 2.38. The van der Waals surface area contributed by atoms with Crippen molar-refractivity contribution in [3.63, 3.8) is 0 Å². The highest BCUT2D eigenvalue weighted by molar-refractivity contribution is 5.94. The summed E-state index contributed by atoms with van der Waals surface area (Å²) in [6.07, 6.45) is 13.5. The largest absolute Gasteiger partial charge is 0.454 e. The van der Waals surface area contributed by atoms with Crippen LogP contribution in [-0.2, 0) is 17.6 Å². The van der Waals surface area contributed by atoms with Crippen molar-refractivity contribution < 1.29 is 9.53 Å². The van der Waals surface area contributed by atoms with Crippen molar-refractivity contribution in [3.8, 4) is 11.1 Å². The van der Waals surface area contributed by atoms with E-state index in [1.165, 1.54) is 74.5 Å². The lowest BCUT2D eigenvalue weighted by molar-refractivity contribution is 0.0253. The molecule has 37 heavy (non-hydrogen) atoms. The fraction of sp³-hybridized carbons (Fsp3) is 0.457. The molecule has 0 N–H and O–H groups in total. The first-order valence-electron chi connectivity index (χ1n) is 14.7. The molecule has 0 bridgehead atoms. The molecule has 2 nitrogen and oxygen atoms in total. The standard InChI is InChI=1S/C35H42O2/c1-3-5-6-8-26-11-15-30(16-12-26)34-24-32-22-21-31(23-33(32)35(36)37-34)29-19-17-28(18-20-29)27-13-9-25(7-4-2)10-14-27/h11-12,15-23,25,27,34H,3-10,13-14,24H2,1-2H3. The summed E-state index contributed by atoms with van der Waals surface area (Å²) in [5.41, 5.74) is 7.96. The van der Waals surface area contributed by atoms with E-state index in [-0.39, 0.29) is 12.1 Å². The molecule has 1 fully saturated rings. The second-order valence-electron chi connectivity index (χ2n) is 11.3. The third-order valence-electron chi connectivity index (χ3n) is 8.66. The van der Waals surface area contributed by atoms with Gasteiger partial charge in [0, 0.05) is 6.42 Å². The van der Waals surface area contributed by atoms with E-state index in [9.17, 15) is 4.79 Å². The summed E-state index contributed by atoms with van der Waals surface area (Å²) in [6.45, 7) is 4.54. The highest BCUT2D eigenvalue weighted by atomic mass is 16.5. The molecule has 0 spiro atoms. The van der Waals surface area contributed by atoms with Gasteiger partial charge in [-0.3, -0.25) is 0 Å². The van der Waals surface area contributed by atoms with Crippen LogP contribution in [0.25, 0.3) is 11.1 Å². The Labute approximate surface area is 223 Å². The minimum absolute atomic E-state index is 0.206. The Morgan fingerprint density at radius 1 is 0.757 bits per heavy atom. The Morgan fingerprint density at radius 3 is 2.16 bits per heavy atom. The maximum atomic E-state index is 13.0. The SMILES string of the molecule is CCCCCc1ccc(C2Cc3ccc(-c4ccc(C5CCC(CCC)CC5)cc4)cc3C(=O)O2)cc1. The molecule has 2 heteroatoms. The van der Waals surface area contributed by atoms with Crippen molar-refractivity contribution in [2.24, 2.45) is 5.92 Å². The number of hydrogen-bond acceptors (Lipinski definition) is 2. The summed E-state index contributed by atoms with van der Waals surface area (Å²) in [6, 6.07) is 24.0. The Morgan fingerprint density at radius 2 is 1.46 bits per heavy atom. The van der Waals surface area contributed by atoms with Crippen molar-refractivity contribution in [3.05, 3.63) is 94.5 Å². The van der Waals surface area contributed by atoms with E-state index in [0.29, 0.717) is 11.5 Å². The van der Waals surface area contributed by atoms with E-state index in [0.717, 1.165) is 35.4 Å². The van der Waals surface area contributed by atoms with E-state index in [1.807, 2.05) is 6.07 Å². The Hall–Kier alpha value is -2.87. The smallest absolute Gasteiger partial charge is 0.339 e. The first-order valence-corrected chi connectivity index (χ1v) is 14.7. The molecule has 5 rings (SSSR count). The molecule has 194 valence electrons. The third kappa shape index (κ3) is 6.17. The second-order valence-corrected chi connectivity index (χ2v) is 11.3. The minimum atomic E-state index is -0.208. The number of ether oxygens (including phenoxy) is 1. The van der Waals surface area contributed by atoms with Crippen LogP contribution in [0.15, 0.2) is 66.7 Å². The fourth-order valence-electron chi connectivity index (χ4n) is 6.36. The minimum Gasteiger partial charge on any atom is -0.454 e. The zero-order chi connectivity index (χ0) is 25.6. The number of aryl methyl sites for hydroxylation is 1. The lowest BCUT2D eigenvalue weighted by atomic mass is 9.77. The molecule has 0 radical (unpaired) electrons. The van der Waals surface area contributed by atoms with Crippen LogP contribution in [0.4, 0.5) is 0 Å². The number of cyclic esters (lactones) is 1. The number of unbranched alkanes of at least 4 members (excludes halogenated alkanes) is 2. The van der Waals surface area contributed by atoms with Crippen molar-refractivity contribution in [2.75, 3.05) is 0 Å². The zero-order valence-corrected chi connectivity index (χ0v) is 22.7. The quantitative estimate of drug-likeness (QED) is 0.219. The van der Waals surface area contributed by atoms with Crippen molar-refractivity contribution in [1.29, 1.82) is 0 Å². The molecule has 1 aliphatic heterocycles. The van der Waals surface area contributed by atoms with Gasteiger partial charge in [0.2, 0.25) is 0 Å². The van der Waals surface area contributed by atoms with E-state index in [4.69, 9.17) is 4.74 Å². The van der Waals surface area contributed by atoms with Crippen LogP contribution in [0.3, 0.4) is 0 Å². The van der Waals surface area contributed by atoms with Gasteiger partial charge in [0.25, 0.3) is 0 Å². The molecule has 1 saturated carbocycles. The fourth-order valence-corrected chi connectivity index (χ4v) is 6.36. The molecule has 2 aliphatic rings. The number of benzene rings is 3. The van der Waals surface area contributed by atoms with Crippen molar-refractivity contribution in [1.82, 2.24) is 0 Å². The van der Waals surface area contributed by atoms with E-state index >= 15 is 0 Å². The molecule has 1 unspecified atom stereocenters. The van der Waals surface area contributed by atoms with Crippen LogP contribution in [0, 0.1) is 5.92 Å². The Balaban J connectivity index is 1.24. The maximum absolute atomic E-state index is 13.0. The third-order valence-corrected chi connectivity index (χ3v) is 8.66. The van der Waals surface area contributed by atoms with Gasteiger partial charge in [-0.25, -0.2) is 4.79 Å². The average molecular weight is 495 g/mol. The van der Waals surface area contributed by atoms with Crippen molar-refractivity contribution >= 4 is 5.97 Å². The average Bonchev–Trinajstić information content (AvgIpc) is 2.94. The lowest BCUT2D eigenvalue weighted by Gasteiger charge is -2.28. The van der Waals surface area contributed by atoms with E-state index in [1.54, 1.807) is 0 Å². The van der Waals surface area contributed by atoms with Gasteiger partial charge in [0.05, 0.1) is 5.56 Å². The molecule has 1 atom stereocenters. The van der Waals surface area contributed by atoms with Crippen LogP contribution >= 0.6 is 0 Å². The number of carbonyl (C=O) groups is 1. The molecule has 3 aromatic carbocycles. The summed E-state index contributed by atoms with van der Waals surface area (Å²) >= 11 is 0. The number of fused-ring (bicyclic) bond motifs is 1. The Bertz CT molecular complexity index is 1170. The summed E-state index contributed by atoms with van der Waals surface area (Å²) in [5, 5.41) is 0. The molecule has 1 aliphatic carbocycles. The highest BCUT2D eigenvalue weighted by Gasteiger charge is 2.28. The molecule has 1 heterocycles. The van der Waals surface area contributed by atoms with Crippen LogP contribution in [0.5, 0.6) is 0 Å². The van der Waals surface area contributed by atoms with Crippen LogP contribution in [0.1, 0.15) is 116 Å². The van der Waals surface area contributed by atoms with Gasteiger partial charge in [-0.15, -0.1) is 0 Å². The predicted octanol–water partition coefficient (Wildman–Crippen LogP) is 9.61. The molecule has 0 aromatic heterocycles. The molecule has 3 aromatic rings. The summed E-state index contributed by atoms with van der Waals surface area (Å²) < 4.78 is 5.91. The van der Waals surface area contributed by atoms with Gasteiger partial charge in [0.15, 0.2) is 0 Å². The molecular weight excluding hydrogens is 452 g/mol. The van der Waals surface area contributed by atoms with Crippen LogP contribution < -0.4 is 0 Å². The lowest BCUT2D eigenvalue weighted by Crippen LogP contribution is -2.21. The summed E-state index contributed by atoms with van der Waals surface area (Å²) in [4.78, 5) is 13.0. The van der Waals surface area contributed by atoms with Gasteiger partial charge >= 0.3 is 5.97 Å². The van der Waals surface area contributed by atoms with Gasteiger partial charge in [-0.1, -0.05) is 100 Å². The number of hydrogen-bond donors (Lipinski definition) is 0. The summed E-state index contributed by atoms with van der Waals surface area (Å²) in [7, 11) is 0. The van der Waals surface area contributed by atoms with Gasteiger partial charge < -0.3 is 4.74 Å². The number of esters is 1. The van der Waals surface area contributed by atoms with Gasteiger partial charge in [0.1, 0.15) is 6.10 Å². The Kier molecular flexibility index (Phi) is 8.44. The topological polar surface area (TPSA) is 26.3 Å². The summed E-state index contributed by atoms with van der Waals surface area (Å²) in [5.74, 6) is 1.42. The van der Waals surface area contributed by atoms with E-state index in [2.05, 4.69) is 74.5 Å². The predicted molar refractivity (Wildman–Crippen MR) is 153 cm³/mol. The van der Waals surface area contributed by atoms with Crippen molar-refractivity contribution in [2.45, 2.75) is 96.5 Å². The number of carbonyl (C=O) groups excluding carboxylic acids is 1. The first kappa shape index (κ1) is 25.8. The van der Waals surface area contributed by atoms with Crippen LogP contribution in [0.2, 0.25) is 0 Å².